The van der Waals surface area contributed by atoms with E-state index in [9.17, 15) is 8.42 Å². The zero-order valence-electron chi connectivity index (χ0n) is 19.3. The Bertz CT molecular complexity index is 1480. The van der Waals surface area contributed by atoms with Gasteiger partial charge in [0.25, 0.3) is 0 Å². The summed E-state index contributed by atoms with van der Waals surface area (Å²) in [6.07, 6.45) is 1.51. The van der Waals surface area contributed by atoms with Crippen molar-refractivity contribution < 1.29 is 8.42 Å². The van der Waals surface area contributed by atoms with E-state index >= 15 is 0 Å². The largest absolute Gasteiger partial charge is 0.352 e. The molecule has 0 saturated carbocycles. The van der Waals surface area contributed by atoms with Crippen LogP contribution in [0.3, 0.4) is 0 Å². The SMILES string of the molecule is CC(C)S(=O)(=O)N1CCN(c2ncnc3c2nc(-c2ccccc2Cl)n3-c2ccc(Cl)cc2)CC1. The quantitative estimate of drug-likeness (QED) is 0.373. The average molecular weight is 531 g/mol. The van der Waals surface area contributed by atoms with E-state index in [1.165, 1.54) is 6.33 Å². The first-order valence-corrected chi connectivity index (χ1v) is 13.5. The van der Waals surface area contributed by atoms with Crippen LogP contribution in [0.4, 0.5) is 5.82 Å². The van der Waals surface area contributed by atoms with Crippen molar-refractivity contribution in [3.8, 4) is 17.1 Å². The summed E-state index contributed by atoms with van der Waals surface area (Å²) in [6.45, 7) is 5.20. The van der Waals surface area contributed by atoms with Crippen LogP contribution >= 0.6 is 23.2 Å². The summed E-state index contributed by atoms with van der Waals surface area (Å²) in [5.41, 5.74) is 2.85. The number of aromatic nitrogens is 4. The van der Waals surface area contributed by atoms with Gasteiger partial charge in [-0.1, -0.05) is 35.3 Å². The number of nitrogens with zero attached hydrogens (tertiary/aromatic N) is 6. The molecular formula is C24H24Cl2N6O2S. The Morgan fingerprint density at radius 3 is 2.26 bits per heavy atom. The monoisotopic (exact) mass is 530 g/mol. The lowest BCUT2D eigenvalue weighted by molar-refractivity contribution is 0.380. The molecule has 4 aromatic rings. The smallest absolute Gasteiger partial charge is 0.216 e. The topological polar surface area (TPSA) is 84.2 Å². The molecule has 0 atom stereocenters. The first kappa shape index (κ1) is 24.0. The van der Waals surface area contributed by atoms with Crippen LogP contribution in [0.25, 0.3) is 28.2 Å². The van der Waals surface area contributed by atoms with Crippen LogP contribution in [0, 0.1) is 0 Å². The summed E-state index contributed by atoms with van der Waals surface area (Å²) in [5.74, 6) is 1.30. The highest BCUT2D eigenvalue weighted by atomic mass is 35.5. The molecule has 35 heavy (non-hydrogen) atoms. The molecule has 0 bridgehead atoms. The van der Waals surface area contributed by atoms with E-state index in [0.29, 0.717) is 59.0 Å². The molecule has 0 radical (unpaired) electrons. The second kappa shape index (κ2) is 9.39. The van der Waals surface area contributed by atoms with Crippen LogP contribution in [0.1, 0.15) is 13.8 Å². The summed E-state index contributed by atoms with van der Waals surface area (Å²) in [5, 5.41) is 0.745. The molecule has 0 N–H and O–H groups in total. The van der Waals surface area contributed by atoms with Crippen LogP contribution in [0.5, 0.6) is 0 Å². The van der Waals surface area contributed by atoms with Crippen molar-refractivity contribution >= 4 is 50.2 Å². The van der Waals surface area contributed by atoms with Crippen LogP contribution < -0.4 is 4.90 Å². The van der Waals surface area contributed by atoms with Crippen molar-refractivity contribution in [3.63, 3.8) is 0 Å². The normalized spacial score (nSPS) is 15.3. The number of anilines is 1. The van der Waals surface area contributed by atoms with Gasteiger partial charge >= 0.3 is 0 Å². The Labute approximate surface area is 214 Å². The number of benzene rings is 2. The van der Waals surface area contributed by atoms with E-state index in [2.05, 4.69) is 14.9 Å². The van der Waals surface area contributed by atoms with Crippen molar-refractivity contribution in [2.75, 3.05) is 31.1 Å². The highest BCUT2D eigenvalue weighted by Gasteiger charge is 2.31. The number of hydrogen-bond donors (Lipinski definition) is 0. The predicted octanol–water partition coefficient (Wildman–Crippen LogP) is 4.65. The lowest BCUT2D eigenvalue weighted by Crippen LogP contribution is -2.50. The number of halogens is 2. The lowest BCUT2D eigenvalue weighted by Gasteiger charge is -2.35. The Hall–Kier alpha value is -2.72. The fraction of sp³-hybridized carbons (Fsp3) is 0.292. The van der Waals surface area contributed by atoms with Gasteiger partial charge in [0.15, 0.2) is 17.0 Å². The molecule has 2 aromatic heterocycles. The minimum absolute atomic E-state index is 0.390. The predicted molar refractivity (Wildman–Crippen MR) is 140 cm³/mol. The van der Waals surface area contributed by atoms with E-state index in [0.717, 1.165) is 11.3 Å². The average Bonchev–Trinajstić information content (AvgIpc) is 3.24. The fourth-order valence-electron chi connectivity index (χ4n) is 4.22. The van der Waals surface area contributed by atoms with Gasteiger partial charge in [0.05, 0.1) is 10.3 Å². The molecule has 0 unspecified atom stereocenters. The fourth-order valence-corrected chi connectivity index (χ4v) is 5.84. The van der Waals surface area contributed by atoms with Crippen LogP contribution in [-0.4, -0.2) is 63.7 Å². The van der Waals surface area contributed by atoms with E-state index in [1.807, 2.05) is 53.1 Å². The maximum atomic E-state index is 12.6. The first-order valence-electron chi connectivity index (χ1n) is 11.3. The highest BCUT2D eigenvalue weighted by molar-refractivity contribution is 7.89. The number of imidazole rings is 1. The zero-order valence-corrected chi connectivity index (χ0v) is 21.6. The van der Waals surface area contributed by atoms with Gasteiger partial charge in [-0.05, 0) is 50.2 Å². The van der Waals surface area contributed by atoms with E-state index < -0.39 is 15.3 Å². The Morgan fingerprint density at radius 1 is 0.914 bits per heavy atom. The summed E-state index contributed by atoms with van der Waals surface area (Å²) in [7, 11) is -3.30. The Balaban J connectivity index is 1.61. The van der Waals surface area contributed by atoms with Gasteiger partial charge in [-0.3, -0.25) is 4.57 Å². The molecule has 1 saturated heterocycles. The molecule has 0 aliphatic carbocycles. The third-order valence-corrected chi connectivity index (χ3v) is 8.98. The van der Waals surface area contributed by atoms with Crippen LogP contribution in [-0.2, 0) is 10.0 Å². The van der Waals surface area contributed by atoms with Gasteiger partial charge < -0.3 is 4.90 Å². The van der Waals surface area contributed by atoms with Crippen molar-refractivity contribution in [2.24, 2.45) is 0 Å². The Kier molecular flexibility index (Phi) is 6.43. The third kappa shape index (κ3) is 4.38. The first-order chi connectivity index (χ1) is 16.8. The molecule has 11 heteroatoms. The maximum Gasteiger partial charge on any atom is 0.216 e. The molecular weight excluding hydrogens is 507 g/mol. The van der Waals surface area contributed by atoms with Crippen LogP contribution in [0.15, 0.2) is 54.9 Å². The molecule has 1 aliphatic rings. The Morgan fingerprint density at radius 2 is 1.60 bits per heavy atom. The minimum Gasteiger partial charge on any atom is -0.352 e. The van der Waals surface area contributed by atoms with E-state index in [1.54, 1.807) is 18.2 Å². The molecule has 182 valence electrons. The second-order valence-corrected chi connectivity index (χ2v) is 11.9. The van der Waals surface area contributed by atoms with Gasteiger partial charge in [-0.15, -0.1) is 0 Å². The summed E-state index contributed by atoms with van der Waals surface area (Å²) in [4.78, 5) is 16.1. The summed E-state index contributed by atoms with van der Waals surface area (Å²) >= 11 is 12.7. The van der Waals surface area contributed by atoms with Gasteiger partial charge in [0.1, 0.15) is 12.2 Å². The molecule has 1 aliphatic heterocycles. The molecule has 5 rings (SSSR count). The summed E-state index contributed by atoms with van der Waals surface area (Å²) < 4.78 is 28.7. The number of rotatable bonds is 5. The lowest BCUT2D eigenvalue weighted by atomic mass is 10.2. The number of hydrogen-bond acceptors (Lipinski definition) is 6. The summed E-state index contributed by atoms with van der Waals surface area (Å²) in [6, 6.07) is 15.0. The number of sulfonamides is 1. The van der Waals surface area contributed by atoms with Gasteiger partial charge in [-0.2, -0.15) is 4.31 Å². The number of piperazine rings is 1. The molecule has 3 heterocycles. The van der Waals surface area contributed by atoms with Gasteiger partial charge in [0.2, 0.25) is 10.0 Å². The number of fused-ring (bicyclic) bond motifs is 1. The molecule has 0 spiro atoms. The van der Waals surface area contributed by atoms with Crippen LogP contribution in [0.2, 0.25) is 10.0 Å². The van der Waals surface area contributed by atoms with Crippen molar-refractivity contribution in [1.82, 2.24) is 23.8 Å². The highest BCUT2D eigenvalue weighted by Crippen LogP contribution is 2.35. The zero-order chi connectivity index (χ0) is 24.7. The van der Waals surface area contributed by atoms with Crippen molar-refractivity contribution in [1.29, 1.82) is 0 Å². The maximum absolute atomic E-state index is 12.6. The van der Waals surface area contributed by atoms with Gasteiger partial charge in [-0.25, -0.2) is 23.4 Å². The third-order valence-electron chi connectivity index (χ3n) is 6.12. The van der Waals surface area contributed by atoms with Crippen molar-refractivity contribution in [2.45, 2.75) is 19.1 Å². The molecule has 2 aromatic carbocycles. The van der Waals surface area contributed by atoms with Gasteiger partial charge in [0, 0.05) is 42.5 Å². The minimum atomic E-state index is -3.30. The van der Waals surface area contributed by atoms with E-state index in [4.69, 9.17) is 28.2 Å². The standard InChI is InChI=1S/C24H24Cl2N6O2S/c1-16(2)35(33,34)31-13-11-30(12-14-31)23-21-24(28-15-27-23)32(18-9-7-17(25)8-10-18)22(29-21)19-5-3-4-6-20(19)26/h3-10,15-16H,11-14H2,1-2H3. The molecule has 1 fully saturated rings. The second-order valence-electron chi connectivity index (χ2n) is 8.58. The van der Waals surface area contributed by atoms with Crippen molar-refractivity contribution in [3.05, 3.63) is 64.9 Å². The molecule has 0 amide bonds. The molecule has 8 nitrogen and oxygen atoms in total. The van der Waals surface area contributed by atoms with E-state index in [-0.39, 0.29) is 0 Å².